The van der Waals surface area contributed by atoms with E-state index in [1.165, 1.54) is 10.6 Å². The van der Waals surface area contributed by atoms with Crippen molar-refractivity contribution in [2.75, 3.05) is 13.1 Å². The first kappa shape index (κ1) is 24.1. The van der Waals surface area contributed by atoms with Gasteiger partial charge in [0.25, 0.3) is 0 Å². The van der Waals surface area contributed by atoms with Crippen LogP contribution in [0.25, 0.3) is 21.9 Å². The topological polar surface area (TPSA) is 129 Å². The van der Waals surface area contributed by atoms with E-state index >= 15 is 0 Å². The fourth-order valence-electron chi connectivity index (χ4n) is 6.27. The Morgan fingerprint density at radius 3 is 2.63 bits per heavy atom. The largest absolute Gasteiger partial charge is 0.464 e. The van der Waals surface area contributed by atoms with Crippen LogP contribution in [0.3, 0.4) is 0 Å². The quantitative estimate of drug-likeness (QED) is 0.226. The Balaban J connectivity index is 1.24. The predicted molar refractivity (Wildman–Crippen MR) is 140 cm³/mol. The number of aryl methyl sites for hydroxylation is 3. The van der Waals surface area contributed by atoms with Crippen LogP contribution in [-0.4, -0.2) is 33.4 Å². The lowest BCUT2D eigenvalue weighted by Crippen LogP contribution is -2.49. The van der Waals surface area contributed by atoms with E-state index in [9.17, 15) is 24.5 Å². The van der Waals surface area contributed by atoms with Gasteiger partial charge in [-0.3, -0.25) is 19.7 Å². The van der Waals surface area contributed by atoms with Gasteiger partial charge in [0.15, 0.2) is 0 Å². The Bertz CT molecular complexity index is 1780. The highest BCUT2D eigenvalue weighted by atomic mass is 16.6. The van der Waals surface area contributed by atoms with Gasteiger partial charge in [-0.2, -0.15) is 0 Å². The molecule has 2 atom stereocenters. The molecule has 2 aliphatic rings. The number of furan rings is 1. The number of nitrogens with zero attached hydrogens (tertiary/aromatic N) is 3. The number of fused-ring (bicyclic) bond motifs is 6. The third kappa shape index (κ3) is 3.66. The van der Waals surface area contributed by atoms with Gasteiger partial charge in [-0.15, -0.1) is 0 Å². The van der Waals surface area contributed by atoms with Gasteiger partial charge in [-0.1, -0.05) is 0 Å². The average molecular weight is 518 g/mol. The molecule has 2 aliphatic heterocycles. The molecule has 5 heterocycles. The van der Waals surface area contributed by atoms with Gasteiger partial charge < -0.3 is 18.3 Å². The predicted octanol–water partition coefficient (Wildman–Crippen LogP) is 4.11. The van der Waals surface area contributed by atoms with E-state index in [2.05, 4.69) is 0 Å². The van der Waals surface area contributed by atoms with Crippen LogP contribution in [0.5, 0.6) is 0 Å². The Morgan fingerprint density at radius 1 is 1.08 bits per heavy atom. The summed E-state index contributed by atoms with van der Waals surface area (Å²) in [6.45, 7) is 7.00. The number of rotatable bonds is 4. The number of hydrogen-bond donors (Lipinski definition) is 0. The lowest BCUT2D eigenvalue weighted by Gasteiger charge is -2.42. The zero-order chi connectivity index (χ0) is 26.9. The summed E-state index contributed by atoms with van der Waals surface area (Å²) in [6.07, 6.45) is 2.94. The minimum atomic E-state index is -0.651. The maximum atomic E-state index is 13.3. The summed E-state index contributed by atoms with van der Waals surface area (Å²) in [5.41, 5.74) is 3.56. The van der Waals surface area contributed by atoms with Gasteiger partial charge in [0.05, 0.1) is 11.2 Å². The summed E-state index contributed by atoms with van der Waals surface area (Å²) >= 11 is 0. The van der Waals surface area contributed by atoms with Crippen molar-refractivity contribution < 1.29 is 18.6 Å². The van der Waals surface area contributed by atoms with Gasteiger partial charge in [-0.25, -0.2) is 4.79 Å². The molecule has 10 nitrogen and oxygen atoms in total. The smallest absolute Gasteiger partial charge is 0.339 e. The first-order valence-corrected chi connectivity index (χ1v) is 12.7. The summed E-state index contributed by atoms with van der Waals surface area (Å²) in [6, 6.07) is 4.88. The minimum Gasteiger partial charge on any atom is -0.464 e. The second kappa shape index (κ2) is 8.68. The van der Waals surface area contributed by atoms with Crippen molar-refractivity contribution in [3.05, 3.63) is 83.3 Å². The van der Waals surface area contributed by atoms with Crippen molar-refractivity contribution in [1.82, 2.24) is 9.47 Å². The molecule has 196 valence electrons. The van der Waals surface area contributed by atoms with E-state index < -0.39 is 21.8 Å². The number of carbonyl (C=O) groups excluding carboxylic acids is 1. The van der Waals surface area contributed by atoms with Crippen LogP contribution in [0, 0.1) is 36.8 Å². The molecule has 1 fully saturated rings. The number of likely N-dealkylation sites (tertiary alicyclic amines) is 1. The second-order valence-electron chi connectivity index (χ2n) is 10.6. The van der Waals surface area contributed by atoms with E-state index in [-0.39, 0.29) is 30.6 Å². The fraction of sp³-hybridized carbons (Fsp3) is 0.393. The third-order valence-corrected chi connectivity index (χ3v) is 8.26. The molecule has 0 saturated carbocycles. The van der Waals surface area contributed by atoms with Crippen LogP contribution >= 0.6 is 0 Å². The Morgan fingerprint density at radius 2 is 1.87 bits per heavy atom. The van der Waals surface area contributed by atoms with Crippen LogP contribution in [0.2, 0.25) is 0 Å². The van der Waals surface area contributed by atoms with Crippen LogP contribution in [-0.2, 0) is 17.8 Å². The summed E-state index contributed by atoms with van der Waals surface area (Å²) in [5.74, 6) is -0.0782. The van der Waals surface area contributed by atoms with Crippen molar-refractivity contribution in [2.24, 2.45) is 5.92 Å². The van der Waals surface area contributed by atoms with Gasteiger partial charge in [0, 0.05) is 65.6 Å². The second-order valence-corrected chi connectivity index (χ2v) is 10.6. The molecule has 1 amide bonds. The standard InChI is InChI=1S/C28H27N3O7/c1-14-13-37-25-16(3)26-21(9-20(14)25)15(2)19(28(34)38-26)4-7-24(32)29-10-17-8-18(12-29)22-5-6-23(31(35)36)27(33)30(22)11-17/h5-6,9,13,17-18H,4,7-8,10-12H2,1-3H3. The number of carbonyl (C=O) groups is 1. The maximum absolute atomic E-state index is 13.3. The molecular formula is C28H27N3O7. The van der Waals surface area contributed by atoms with E-state index in [1.54, 1.807) is 17.2 Å². The SMILES string of the molecule is Cc1coc2c(C)c3oc(=O)c(CCC(=O)N4CC5CC(C4)c4ccc([N+](=O)[O-])c(=O)n4C5)c(C)c3cc12. The zero-order valence-electron chi connectivity index (χ0n) is 21.4. The van der Waals surface area contributed by atoms with Crippen LogP contribution in [0.15, 0.2) is 42.9 Å². The highest BCUT2D eigenvalue weighted by Crippen LogP contribution is 2.36. The normalized spacial score (nSPS) is 18.7. The van der Waals surface area contributed by atoms with E-state index in [0.29, 0.717) is 36.4 Å². The molecule has 2 unspecified atom stereocenters. The molecule has 1 aromatic carbocycles. The van der Waals surface area contributed by atoms with Gasteiger partial charge in [0.2, 0.25) is 5.91 Å². The monoisotopic (exact) mass is 517 g/mol. The van der Waals surface area contributed by atoms with Crippen molar-refractivity contribution in [3.8, 4) is 0 Å². The molecule has 6 rings (SSSR count). The van der Waals surface area contributed by atoms with Gasteiger partial charge in [-0.05, 0) is 62.8 Å². The molecule has 2 bridgehead atoms. The summed E-state index contributed by atoms with van der Waals surface area (Å²) < 4.78 is 12.9. The fourth-order valence-corrected chi connectivity index (χ4v) is 6.27. The van der Waals surface area contributed by atoms with Gasteiger partial charge >= 0.3 is 16.9 Å². The maximum Gasteiger partial charge on any atom is 0.339 e. The minimum absolute atomic E-state index is 0.0426. The molecule has 38 heavy (non-hydrogen) atoms. The Kier molecular flexibility index (Phi) is 5.51. The van der Waals surface area contributed by atoms with Crippen molar-refractivity contribution >= 4 is 33.5 Å². The van der Waals surface area contributed by atoms with E-state index in [0.717, 1.165) is 39.6 Å². The number of amides is 1. The zero-order valence-corrected chi connectivity index (χ0v) is 21.4. The summed E-state index contributed by atoms with van der Waals surface area (Å²) in [7, 11) is 0. The van der Waals surface area contributed by atoms with Crippen LogP contribution in [0.4, 0.5) is 5.69 Å². The van der Waals surface area contributed by atoms with Crippen LogP contribution < -0.4 is 11.2 Å². The van der Waals surface area contributed by atoms with Crippen LogP contribution in [0.1, 0.15) is 46.7 Å². The molecule has 3 aromatic heterocycles. The molecule has 0 aliphatic carbocycles. The lowest BCUT2D eigenvalue weighted by atomic mass is 9.83. The third-order valence-electron chi connectivity index (χ3n) is 8.26. The molecule has 0 N–H and O–H groups in total. The molecule has 10 heteroatoms. The number of hydrogen-bond acceptors (Lipinski definition) is 7. The first-order chi connectivity index (χ1) is 18.1. The molecule has 0 radical (unpaired) electrons. The molecule has 4 aromatic rings. The molecule has 1 saturated heterocycles. The van der Waals surface area contributed by atoms with Crippen molar-refractivity contribution in [1.29, 1.82) is 0 Å². The van der Waals surface area contributed by atoms with Gasteiger partial charge in [0.1, 0.15) is 11.2 Å². The first-order valence-electron chi connectivity index (χ1n) is 12.7. The Hall–Kier alpha value is -4.21. The molecule has 0 spiro atoms. The highest BCUT2D eigenvalue weighted by Gasteiger charge is 2.37. The Labute approximate surface area is 216 Å². The summed E-state index contributed by atoms with van der Waals surface area (Å²) in [4.78, 5) is 51.2. The highest BCUT2D eigenvalue weighted by molar-refractivity contribution is 5.99. The van der Waals surface area contributed by atoms with Crippen molar-refractivity contribution in [3.63, 3.8) is 0 Å². The number of nitro groups is 1. The average Bonchev–Trinajstić information content (AvgIpc) is 3.25. The van der Waals surface area contributed by atoms with E-state index in [1.807, 2.05) is 26.8 Å². The van der Waals surface area contributed by atoms with Crippen molar-refractivity contribution in [2.45, 2.75) is 52.5 Å². The number of benzene rings is 1. The lowest BCUT2D eigenvalue weighted by molar-refractivity contribution is -0.386. The number of pyridine rings is 1. The molecular weight excluding hydrogens is 490 g/mol. The number of aromatic nitrogens is 1. The number of piperidine rings is 1. The summed E-state index contributed by atoms with van der Waals surface area (Å²) in [5, 5.41) is 13.0. The van der Waals surface area contributed by atoms with E-state index in [4.69, 9.17) is 8.83 Å².